The summed E-state index contributed by atoms with van der Waals surface area (Å²) in [6.07, 6.45) is 0.720. The van der Waals surface area contributed by atoms with E-state index in [4.69, 9.17) is 5.11 Å². The van der Waals surface area contributed by atoms with Gasteiger partial charge in [-0.05, 0) is 17.9 Å². The molecule has 0 radical (unpaired) electrons. The Morgan fingerprint density at radius 2 is 2.28 bits per heavy atom. The van der Waals surface area contributed by atoms with Gasteiger partial charge in [-0.2, -0.15) is 0 Å². The van der Waals surface area contributed by atoms with Crippen LogP contribution in [0.1, 0.15) is 32.1 Å². The van der Waals surface area contributed by atoms with Gasteiger partial charge in [0.2, 0.25) is 0 Å². The first-order valence-electron chi connectivity index (χ1n) is 6.18. The van der Waals surface area contributed by atoms with Crippen molar-refractivity contribution in [3.63, 3.8) is 0 Å². The first-order valence-corrected chi connectivity index (χ1v) is 7.06. The van der Waals surface area contributed by atoms with Gasteiger partial charge < -0.3 is 15.7 Å². The summed E-state index contributed by atoms with van der Waals surface area (Å²) in [7, 11) is 0. The Bertz CT molecular complexity index is 359. The van der Waals surface area contributed by atoms with Gasteiger partial charge in [-0.1, -0.05) is 26.8 Å². The molecule has 0 aliphatic rings. The van der Waals surface area contributed by atoms with Crippen molar-refractivity contribution in [1.29, 1.82) is 0 Å². The molecule has 0 fully saturated rings. The van der Waals surface area contributed by atoms with Crippen molar-refractivity contribution in [2.75, 3.05) is 13.2 Å². The highest BCUT2D eigenvalue weighted by Crippen LogP contribution is 2.26. The number of amides is 2. The molecule has 1 heterocycles. The van der Waals surface area contributed by atoms with Gasteiger partial charge in [0.05, 0.1) is 12.6 Å². The third kappa shape index (κ3) is 4.31. The Morgan fingerprint density at radius 3 is 2.78 bits per heavy atom. The van der Waals surface area contributed by atoms with E-state index in [1.807, 2.05) is 18.4 Å². The molecule has 1 aromatic rings. The number of hydrogen-bond donors (Lipinski definition) is 3. The number of carbonyl (C=O) groups excluding carboxylic acids is 1. The van der Waals surface area contributed by atoms with Crippen LogP contribution in [0.3, 0.4) is 0 Å². The van der Waals surface area contributed by atoms with Gasteiger partial charge in [0.15, 0.2) is 0 Å². The zero-order chi connectivity index (χ0) is 13.6. The topological polar surface area (TPSA) is 61.4 Å². The van der Waals surface area contributed by atoms with Crippen molar-refractivity contribution in [1.82, 2.24) is 10.6 Å². The molecule has 0 bridgehead atoms. The van der Waals surface area contributed by atoms with Crippen LogP contribution in [-0.4, -0.2) is 30.3 Å². The fraction of sp³-hybridized carbons (Fsp3) is 0.615. The molecule has 0 saturated carbocycles. The second-order valence-electron chi connectivity index (χ2n) is 4.98. The molecule has 1 unspecified atom stereocenters. The highest BCUT2D eigenvalue weighted by molar-refractivity contribution is 7.10. The molecule has 4 nitrogen and oxygen atoms in total. The molecule has 5 heteroatoms. The Balaban J connectivity index is 2.43. The Kier molecular flexibility index (Phi) is 5.62. The van der Waals surface area contributed by atoms with E-state index in [0.717, 1.165) is 6.42 Å². The van der Waals surface area contributed by atoms with Gasteiger partial charge in [-0.15, -0.1) is 11.3 Å². The third-order valence-corrected chi connectivity index (χ3v) is 4.16. The van der Waals surface area contributed by atoms with Gasteiger partial charge in [0.1, 0.15) is 0 Å². The van der Waals surface area contributed by atoms with E-state index >= 15 is 0 Å². The fourth-order valence-corrected chi connectivity index (χ4v) is 2.42. The lowest BCUT2D eigenvalue weighted by atomic mass is 9.91. The summed E-state index contributed by atoms with van der Waals surface area (Å²) in [5.41, 5.74) is -0.0770. The molecule has 18 heavy (non-hydrogen) atoms. The molecule has 0 spiro atoms. The summed E-state index contributed by atoms with van der Waals surface area (Å²) < 4.78 is 0. The molecule has 0 saturated heterocycles. The van der Waals surface area contributed by atoms with Crippen LogP contribution >= 0.6 is 11.3 Å². The molecular formula is C13H22N2O2S. The molecule has 1 atom stereocenters. The molecule has 2 amide bonds. The summed E-state index contributed by atoms with van der Waals surface area (Å²) in [6.45, 7) is 6.67. The average molecular weight is 270 g/mol. The lowest BCUT2D eigenvalue weighted by Gasteiger charge is -2.24. The second kappa shape index (κ2) is 6.75. The highest BCUT2D eigenvalue weighted by atomic mass is 32.1. The summed E-state index contributed by atoms with van der Waals surface area (Å²) in [6, 6.07) is 3.70. The molecule has 0 aliphatic heterocycles. The molecular weight excluding hydrogens is 248 g/mol. The van der Waals surface area contributed by atoms with Gasteiger partial charge in [0, 0.05) is 16.8 Å². The first-order chi connectivity index (χ1) is 8.49. The van der Waals surface area contributed by atoms with Crippen molar-refractivity contribution < 1.29 is 9.90 Å². The van der Waals surface area contributed by atoms with Crippen LogP contribution in [-0.2, 0) is 5.41 Å². The maximum Gasteiger partial charge on any atom is 0.315 e. The summed E-state index contributed by atoms with van der Waals surface area (Å²) in [4.78, 5) is 12.9. The van der Waals surface area contributed by atoms with Crippen LogP contribution in [0.4, 0.5) is 4.79 Å². The minimum atomic E-state index is -0.222. The van der Waals surface area contributed by atoms with Crippen molar-refractivity contribution in [2.45, 2.75) is 38.6 Å². The number of urea groups is 1. The number of thiophene rings is 1. The van der Waals surface area contributed by atoms with Gasteiger partial charge in [0.25, 0.3) is 0 Å². The first kappa shape index (κ1) is 15.0. The van der Waals surface area contributed by atoms with E-state index in [-0.39, 0.29) is 24.1 Å². The standard InChI is InChI=1S/C13H22N2O2S/c1-4-10(8-16)15-12(17)14-9-13(2,3)11-6-5-7-18-11/h5-7,10,16H,4,8-9H2,1-3H3,(H2,14,15,17). The SMILES string of the molecule is CCC(CO)NC(=O)NCC(C)(C)c1cccs1. The third-order valence-electron chi connectivity index (χ3n) is 2.93. The number of nitrogens with one attached hydrogen (secondary N) is 2. The predicted molar refractivity (Wildman–Crippen MR) is 75.0 cm³/mol. The van der Waals surface area contributed by atoms with Crippen molar-refractivity contribution in [3.05, 3.63) is 22.4 Å². The van der Waals surface area contributed by atoms with Crippen LogP contribution < -0.4 is 10.6 Å². The van der Waals surface area contributed by atoms with Crippen LogP contribution in [0.5, 0.6) is 0 Å². The van der Waals surface area contributed by atoms with Crippen molar-refractivity contribution >= 4 is 17.4 Å². The van der Waals surface area contributed by atoms with Gasteiger partial charge >= 0.3 is 6.03 Å². The van der Waals surface area contributed by atoms with E-state index in [1.54, 1.807) is 11.3 Å². The van der Waals surface area contributed by atoms with Crippen molar-refractivity contribution in [2.24, 2.45) is 0 Å². The molecule has 0 aliphatic carbocycles. The number of aliphatic hydroxyl groups excluding tert-OH is 1. The monoisotopic (exact) mass is 270 g/mol. The lowest BCUT2D eigenvalue weighted by Crippen LogP contribution is -2.46. The van der Waals surface area contributed by atoms with E-state index in [0.29, 0.717) is 6.54 Å². The number of carbonyl (C=O) groups is 1. The number of rotatable bonds is 6. The Morgan fingerprint density at radius 1 is 1.56 bits per heavy atom. The number of hydrogen-bond acceptors (Lipinski definition) is 3. The zero-order valence-corrected chi connectivity index (χ0v) is 12.0. The minimum Gasteiger partial charge on any atom is -0.394 e. The maximum atomic E-state index is 11.7. The lowest BCUT2D eigenvalue weighted by molar-refractivity contribution is 0.213. The highest BCUT2D eigenvalue weighted by Gasteiger charge is 2.22. The normalized spacial score (nSPS) is 13.1. The van der Waals surface area contributed by atoms with E-state index in [2.05, 4.69) is 30.5 Å². The van der Waals surface area contributed by atoms with Crippen LogP contribution in [0.15, 0.2) is 17.5 Å². The molecule has 102 valence electrons. The largest absolute Gasteiger partial charge is 0.394 e. The predicted octanol–water partition coefficient (Wildman–Crippen LogP) is 2.10. The van der Waals surface area contributed by atoms with E-state index in [1.165, 1.54) is 4.88 Å². The smallest absolute Gasteiger partial charge is 0.315 e. The molecule has 0 aromatic carbocycles. The quantitative estimate of drug-likeness (QED) is 0.741. The molecule has 1 aromatic heterocycles. The van der Waals surface area contributed by atoms with Gasteiger partial charge in [-0.25, -0.2) is 4.79 Å². The minimum absolute atomic E-state index is 0.0295. The second-order valence-corrected chi connectivity index (χ2v) is 5.92. The van der Waals surface area contributed by atoms with Crippen LogP contribution in [0.25, 0.3) is 0 Å². The van der Waals surface area contributed by atoms with Crippen LogP contribution in [0.2, 0.25) is 0 Å². The van der Waals surface area contributed by atoms with E-state index < -0.39 is 0 Å². The summed E-state index contributed by atoms with van der Waals surface area (Å²) in [5.74, 6) is 0. The van der Waals surface area contributed by atoms with Crippen LogP contribution in [0, 0.1) is 0 Å². The molecule has 3 N–H and O–H groups in total. The summed E-state index contributed by atoms with van der Waals surface area (Å²) in [5, 5.41) is 16.6. The zero-order valence-electron chi connectivity index (χ0n) is 11.2. The average Bonchev–Trinajstić information content (AvgIpc) is 2.88. The summed E-state index contributed by atoms with van der Waals surface area (Å²) >= 11 is 1.69. The molecule has 1 rings (SSSR count). The maximum absolute atomic E-state index is 11.7. The van der Waals surface area contributed by atoms with E-state index in [9.17, 15) is 4.79 Å². The fourth-order valence-electron chi connectivity index (χ4n) is 1.57. The van der Waals surface area contributed by atoms with Crippen molar-refractivity contribution in [3.8, 4) is 0 Å². The number of aliphatic hydroxyl groups is 1. The Hall–Kier alpha value is -1.07. The Labute approximate surface area is 112 Å². The van der Waals surface area contributed by atoms with Gasteiger partial charge in [-0.3, -0.25) is 0 Å².